The summed E-state index contributed by atoms with van der Waals surface area (Å²) in [6.45, 7) is 2.09. The third-order valence-corrected chi connectivity index (χ3v) is 2.61. The molecule has 2 heterocycles. The molecule has 0 unspecified atom stereocenters. The van der Waals surface area contributed by atoms with Crippen LogP contribution in [-0.2, 0) is 0 Å². The standard InChI is InChI=1S/C11H15N3O/c15-8-9-1-6-13-11(7-9)14-10-2-4-12-5-3-10/h1,6-8,10,12H,2-5H2,(H,13,14). The molecule has 4 nitrogen and oxygen atoms in total. The van der Waals surface area contributed by atoms with Crippen LogP contribution in [0.25, 0.3) is 0 Å². The van der Waals surface area contributed by atoms with E-state index in [1.54, 1.807) is 18.3 Å². The number of nitrogens with zero attached hydrogens (tertiary/aromatic N) is 1. The SMILES string of the molecule is O=Cc1ccnc(NC2CCNCC2)c1. The van der Waals surface area contributed by atoms with Crippen molar-refractivity contribution in [3.63, 3.8) is 0 Å². The number of hydrogen-bond donors (Lipinski definition) is 2. The molecule has 4 heteroatoms. The Hall–Kier alpha value is -1.42. The number of pyridine rings is 1. The fourth-order valence-corrected chi connectivity index (χ4v) is 1.77. The van der Waals surface area contributed by atoms with Gasteiger partial charge in [0, 0.05) is 17.8 Å². The summed E-state index contributed by atoms with van der Waals surface area (Å²) in [5.41, 5.74) is 0.668. The van der Waals surface area contributed by atoms with Gasteiger partial charge in [0.15, 0.2) is 0 Å². The van der Waals surface area contributed by atoms with Crippen LogP contribution in [-0.4, -0.2) is 30.4 Å². The molecule has 1 aliphatic heterocycles. The van der Waals surface area contributed by atoms with Gasteiger partial charge in [0.2, 0.25) is 0 Å². The lowest BCUT2D eigenvalue weighted by atomic mass is 10.1. The third-order valence-electron chi connectivity index (χ3n) is 2.61. The van der Waals surface area contributed by atoms with E-state index in [0.717, 1.165) is 38.0 Å². The van der Waals surface area contributed by atoms with Gasteiger partial charge in [-0.1, -0.05) is 0 Å². The predicted octanol–water partition coefficient (Wildman–Crippen LogP) is 1.06. The van der Waals surface area contributed by atoms with Crippen molar-refractivity contribution in [1.29, 1.82) is 0 Å². The van der Waals surface area contributed by atoms with Crippen molar-refractivity contribution in [3.05, 3.63) is 23.9 Å². The highest BCUT2D eigenvalue weighted by molar-refractivity contribution is 5.75. The number of aromatic nitrogens is 1. The zero-order valence-electron chi connectivity index (χ0n) is 8.57. The highest BCUT2D eigenvalue weighted by atomic mass is 16.1. The molecule has 1 saturated heterocycles. The quantitative estimate of drug-likeness (QED) is 0.724. The molecule has 0 spiro atoms. The van der Waals surface area contributed by atoms with Crippen molar-refractivity contribution < 1.29 is 4.79 Å². The lowest BCUT2D eigenvalue weighted by molar-refractivity contribution is 0.112. The molecule has 0 aliphatic carbocycles. The largest absolute Gasteiger partial charge is 0.367 e. The first kappa shape index (κ1) is 10.1. The van der Waals surface area contributed by atoms with Gasteiger partial charge in [0.25, 0.3) is 0 Å². The first-order valence-corrected chi connectivity index (χ1v) is 5.27. The number of hydrogen-bond acceptors (Lipinski definition) is 4. The van der Waals surface area contributed by atoms with E-state index in [-0.39, 0.29) is 0 Å². The molecular weight excluding hydrogens is 190 g/mol. The van der Waals surface area contributed by atoms with Crippen molar-refractivity contribution in [2.75, 3.05) is 18.4 Å². The first-order chi connectivity index (χ1) is 7.38. The molecule has 80 valence electrons. The van der Waals surface area contributed by atoms with Crippen molar-refractivity contribution in [1.82, 2.24) is 10.3 Å². The molecule has 0 aromatic carbocycles. The van der Waals surface area contributed by atoms with Gasteiger partial charge in [-0.05, 0) is 38.1 Å². The Morgan fingerprint density at radius 2 is 2.27 bits per heavy atom. The molecule has 0 radical (unpaired) electrons. The molecule has 1 aromatic heterocycles. The molecule has 0 bridgehead atoms. The Morgan fingerprint density at radius 3 is 3.00 bits per heavy atom. The van der Waals surface area contributed by atoms with Crippen molar-refractivity contribution in [2.45, 2.75) is 18.9 Å². The Kier molecular flexibility index (Phi) is 3.29. The summed E-state index contributed by atoms with van der Waals surface area (Å²) in [5.74, 6) is 0.798. The van der Waals surface area contributed by atoms with E-state index >= 15 is 0 Å². The first-order valence-electron chi connectivity index (χ1n) is 5.27. The second-order valence-corrected chi connectivity index (χ2v) is 3.76. The molecule has 0 atom stereocenters. The van der Waals surface area contributed by atoms with Crippen molar-refractivity contribution in [2.24, 2.45) is 0 Å². The Morgan fingerprint density at radius 1 is 1.47 bits per heavy atom. The molecule has 1 aromatic rings. The second kappa shape index (κ2) is 4.89. The number of rotatable bonds is 3. The monoisotopic (exact) mass is 205 g/mol. The topological polar surface area (TPSA) is 54.0 Å². The molecular formula is C11H15N3O. The van der Waals surface area contributed by atoms with Crippen LogP contribution in [0.5, 0.6) is 0 Å². The van der Waals surface area contributed by atoms with Crippen molar-refractivity contribution in [3.8, 4) is 0 Å². The maximum absolute atomic E-state index is 10.6. The smallest absolute Gasteiger partial charge is 0.150 e. The van der Waals surface area contributed by atoms with E-state index in [0.29, 0.717) is 11.6 Å². The Balaban J connectivity index is 1.99. The van der Waals surface area contributed by atoms with Crippen molar-refractivity contribution >= 4 is 12.1 Å². The number of piperidine rings is 1. The number of aldehydes is 1. The van der Waals surface area contributed by atoms with Crippen LogP contribution >= 0.6 is 0 Å². The Labute approximate surface area is 89.1 Å². The fraction of sp³-hybridized carbons (Fsp3) is 0.455. The summed E-state index contributed by atoms with van der Waals surface area (Å²) >= 11 is 0. The molecule has 15 heavy (non-hydrogen) atoms. The maximum atomic E-state index is 10.6. The molecule has 1 aliphatic rings. The zero-order chi connectivity index (χ0) is 10.5. The average Bonchev–Trinajstić information content (AvgIpc) is 2.31. The highest BCUT2D eigenvalue weighted by Crippen LogP contribution is 2.11. The van der Waals surface area contributed by atoms with Gasteiger partial charge in [0.05, 0.1) is 0 Å². The van der Waals surface area contributed by atoms with Gasteiger partial charge in [0.1, 0.15) is 12.1 Å². The van der Waals surface area contributed by atoms with E-state index in [1.165, 1.54) is 0 Å². The minimum atomic E-state index is 0.473. The van der Waals surface area contributed by atoms with E-state index in [9.17, 15) is 4.79 Å². The van der Waals surface area contributed by atoms with Crippen LogP contribution in [0.4, 0.5) is 5.82 Å². The van der Waals surface area contributed by atoms with Crippen LogP contribution in [0.1, 0.15) is 23.2 Å². The number of carbonyl (C=O) groups is 1. The summed E-state index contributed by atoms with van der Waals surface area (Å²) in [6.07, 6.45) is 4.71. The summed E-state index contributed by atoms with van der Waals surface area (Å²) in [4.78, 5) is 14.8. The van der Waals surface area contributed by atoms with Crippen LogP contribution in [0.3, 0.4) is 0 Å². The van der Waals surface area contributed by atoms with Crippen LogP contribution in [0, 0.1) is 0 Å². The molecule has 0 saturated carbocycles. The zero-order valence-corrected chi connectivity index (χ0v) is 8.57. The van der Waals surface area contributed by atoms with E-state index < -0.39 is 0 Å². The van der Waals surface area contributed by atoms with Gasteiger partial charge in [-0.2, -0.15) is 0 Å². The van der Waals surface area contributed by atoms with Crippen LogP contribution < -0.4 is 10.6 Å². The molecule has 2 rings (SSSR count). The van der Waals surface area contributed by atoms with Gasteiger partial charge >= 0.3 is 0 Å². The van der Waals surface area contributed by atoms with Crippen LogP contribution in [0.2, 0.25) is 0 Å². The lowest BCUT2D eigenvalue weighted by Crippen LogP contribution is -2.35. The number of anilines is 1. The summed E-state index contributed by atoms with van der Waals surface area (Å²) in [5, 5.41) is 6.65. The lowest BCUT2D eigenvalue weighted by Gasteiger charge is -2.24. The molecule has 1 fully saturated rings. The average molecular weight is 205 g/mol. The fourth-order valence-electron chi connectivity index (χ4n) is 1.77. The summed E-state index contributed by atoms with van der Waals surface area (Å²) < 4.78 is 0. The van der Waals surface area contributed by atoms with Gasteiger partial charge in [-0.3, -0.25) is 4.79 Å². The summed E-state index contributed by atoms with van der Waals surface area (Å²) in [6, 6.07) is 3.97. The minimum Gasteiger partial charge on any atom is -0.367 e. The summed E-state index contributed by atoms with van der Waals surface area (Å²) in [7, 11) is 0. The van der Waals surface area contributed by atoms with Gasteiger partial charge < -0.3 is 10.6 Å². The van der Waals surface area contributed by atoms with Crippen LogP contribution in [0.15, 0.2) is 18.3 Å². The molecule has 2 N–H and O–H groups in total. The number of carbonyl (C=O) groups excluding carboxylic acids is 1. The number of nitrogens with one attached hydrogen (secondary N) is 2. The maximum Gasteiger partial charge on any atom is 0.150 e. The molecule has 0 amide bonds. The van der Waals surface area contributed by atoms with E-state index in [1.807, 2.05) is 0 Å². The minimum absolute atomic E-state index is 0.473. The highest BCUT2D eigenvalue weighted by Gasteiger charge is 2.12. The Bertz CT molecular complexity index is 334. The van der Waals surface area contributed by atoms with Gasteiger partial charge in [-0.25, -0.2) is 4.98 Å². The van der Waals surface area contributed by atoms with E-state index in [2.05, 4.69) is 15.6 Å². The van der Waals surface area contributed by atoms with Gasteiger partial charge in [-0.15, -0.1) is 0 Å². The predicted molar refractivity (Wildman–Crippen MR) is 59.1 cm³/mol. The second-order valence-electron chi connectivity index (χ2n) is 3.76. The normalized spacial score (nSPS) is 17.3. The third kappa shape index (κ3) is 2.76. The van der Waals surface area contributed by atoms with E-state index in [4.69, 9.17) is 0 Å².